The van der Waals surface area contributed by atoms with Gasteiger partial charge < -0.3 is 19.5 Å². The molecular formula is C24H28N2O4S. The van der Waals surface area contributed by atoms with Crippen LogP contribution in [0.4, 0.5) is 5.69 Å². The van der Waals surface area contributed by atoms with E-state index in [0.29, 0.717) is 29.8 Å². The van der Waals surface area contributed by atoms with Gasteiger partial charge in [-0.1, -0.05) is 31.2 Å². The summed E-state index contributed by atoms with van der Waals surface area (Å²) in [5.41, 5.74) is 1.82. The van der Waals surface area contributed by atoms with Gasteiger partial charge >= 0.3 is 5.97 Å². The molecule has 2 aromatic carbocycles. The van der Waals surface area contributed by atoms with Crippen LogP contribution in [-0.2, 0) is 16.0 Å². The predicted molar refractivity (Wildman–Crippen MR) is 124 cm³/mol. The lowest BCUT2D eigenvalue weighted by atomic mass is 9.79. The minimum atomic E-state index is -1.09. The number of fused-ring (bicyclic) bond motifs is 4. The summed E-state index contributed by atoms with van der Waals surface area (Å²) in [6.07, 6.45) is 0.940. The van der Waals surface area contributed by atoms with Gasteiger partial charge in [-0.2, -0.15) is 0 Å². The topological polar surface area (TPSA) is 60.0 Å². The molecule has 1 N–H and O–H groups in total. The van der Waals surface area contributed by atoms with Crippen molar-refractivity contribution in [2.24, 2.45) is 5.92 Å². The maximum atomic E-state index is 13.2. The molecule has 0 aliphatic carbocycles. The van der Waals surface area contributed by atoms with Crippen molar-refractivity contribution in [3.05, 3.63) is 53.6 Å². The lowest BCUT2D eigenvalue weighted by molar-refractivity contribution is -0.159. The molecule has 31 heavy (non-hydrogen) atoms. The van der Waals surface area contributed by atoms with E-state index in [1.807, 2.05) is 49.1 Å². The van der Waals surface area contributed by atoms with E-state index >= 15 is 0 Å². The van der Waals surface area contributed by atoms with Gasteiger partial charge in [-0.05, 0) is 63.2 Å². The van der Waals surface area contributed by atoms with Gasteiger partial charge in [-0.15, -0.1) is 0 Å². The summed E-state index contributed by atoms with van der Waals surface area (Å²) >= 11 is 5.77. The normalized spacial score (nSPS) is 24.0. The highest BCUT2D eigenvalue weighted by Crippen LogP contribution is 2.52. The summed E-state index contributed by atoms with van der Waals surface area (Å²) in [5.74, 6) is 0.319. The fourth-order valence-corrected chi connectivity index (χ4v) is 4.91. The summed E-state index contributed by atoms with van der Waals surface area (Å²) in [7, 11) is 0. The highest BCUT2D eigenvalue weighted by molar-refractivity contribution is 7.80. The Balaban J connectivity index is 1.88. The van der Waals surface area contributed by atoms with Gasteiger partial charge in [-0.25, -0.2) is 0 Å². The van der Waals surface area contributed by atoms with Crippen LogP contribution in [0, 0.1) is 5.92 Å². The van der Waals surface area contributed by atoms with Crippen molar-refractivity contribution in [1.29, 1.82) is 0 Å². The second kappa shape index (κ2) is 8.38. The number of esters is 1. The van der Waals surface area contributed by atoms with Crippen molar-refractivity contribution in [1.82, 2.24) is 5.32 Å². The molecule has 7 heteroatoms. The Morgan fingerprint density at radius 2 is 1.90 bits per heavy atom. The van der Waals surface area contributed by atoms with E-state index in [2.05, 4.69) is 24.4 Å². The van der Waals surface area contributed by atoms with Crippen LogP contribution in [0.5, 0.6) is 11.5 Å². The molecule has 1 fully saturated rings. The van der Waals surface area contributed by atoms with E-state index in [9.17, 15) is 4.79 Å². The Kier molecular flexibility index (Phi) is 5.79. The third kappa shape index (κ3) is 3.51. The van der Waals surface area contributed by atoms with Crippen molar-refractivity contribution in [3.8, 4) is 11.5 Å². The zero-order valence-electron chi connectivity index (χ0n) is 18.3. The first-order valence-electron chi connectivity index (χ1n) is 10.8. The smallest absolute Gasteiger partial charge is 0.317 e. The van der Waals surface area contributed by atoms with Crippen LogP contribution in [0.3, 0.4) is 0 Å². The van der Waals surface area contributed by atoms with Crippen LogP contribution in [0.15, 0.2) is 42.5 Å². The molecule has 1 saturated heterocycles. The number of aryl methyl sites for hydroxylation is 1. The molecule has 0 radical (unpaired) electrons. The highest BCUT2D eigenvalue weighted by Gasteiger charge is 2.60. The van der Waals surface area contributed by atoms with Crippen LogP contribution < -0.4 is 19.7 Å². The molecule has 0 aromatic heterocycles. The third-order valence-electron chi connectivity index (χ3n) is 5.93. The fourth-order valence-electron chi connectivity index (χ4n) is 4.50. The van der Waals surface area contributed by atoms with Crippen molar-refractivity contribution >= 4 is 29.0 Å². The molecule has 2 aliphatic heterocycles. The number of nitrogens with one attached hydrogen (secondary N) is 1. The summed E-state index contributed by atoms with van der Waals surface area (Å²) in [4.78, 5) is 15.1. The molecule has 0 amide bonds. The Morgan fingerprint density at radius 1 is 1.16 bits per heavy atom. The van der Waals surface area contributed by atoms with Crippen molar-refractivity contribution in [2.45, 2.75) is 45.9 Å². The number of benzene rings is 2. The number of hydrogen-bond acceptors (Lipinski definition) is 5. The molecular weight excluding hydrogens is 412 g/mol. The molecule has 2 aliphatic rings. The number of thiocarbonyl (C=S) groups is 1. The zero-order chi connectivity index (χ0) is 22.2. The van der Waals surface area contributed by atoms with Crippen molar-refractivity contribution in [3.63, 3.8) is 0 Å². The van der Waals surface area contributed by atoms with Crippen LogP contribution in [-0.4, -0.2) is 30.0 Å². The number of anilines is 1. The fraction of sp³-hybridized carbons (Fsp3) is 0.417. The maximum Gasteiger partial charge on any atom is 0.317 e. The standard InChI is InChI=1S/C24H28N2O4S/c1-5-15-11-13-16(14-12-15)26-23(31)25-20-17-9-8-10-18(28-6-2)21(17)30-24(26,4)19(20)22(27)29-7-3/h8-14,19-20H,5-7H2,1-4H3,(H,25,31)/t19-,20+,24+/m0/s1. The molecule has 2 bridgehead atoms. The monoisotopic (exact) mass is 440 g/mol. The average molecular weight is 441 g/mol. The number of ether oxygens (including phenoxy) is 3. The van der Waals surface area contributed by atoms with Crippen LogP contribution in [0.2, 0.25) is 0 Å². The largest absolute Gasteiger partial charge is 0.490 e. The molecule has 3 atom stereocenters. The predicted octanol–water partition coefficient (Wildman–Crippen LogP) is 4.37. The van der Waals surface area contributed by atoms with E-state index in [4.69, 9.17) is 26.4 Å². The second-order valence-corrected chi connectivity index (χ2v) is 8.16. The summed E-state index contributed by atoms with van der Waals surface area (Å²) in [5, 5.41) is 3.89. The maximum absolute atomic E-state index is 13.2. The van der Waals surface area contributed by atoms with E-state index in [-0.39, 0.29) is 12.0 Å². The first kappa shape index (κ1) is 21.4. The average Bonchev–Trinajstić information content (AvgIpc) is 2.74. The summed E-state index contributed by atoms with van der Waals surface area (Å²) in [6, 6.07) is 13.5. The molecule has 2 aromatic rings. The Labute approximate surface area is 188 Å². The van der Waals surface area contributed by atoms with E-state index in [1.54, 1.807) is 6.92 Å². The SMILES string of the molecule is CCOC(=O)[C@@H]1[C@@H]2NC(=S)N(c3ccc(CC)cc3)[C@]1(C)Oc1c(OCC)cccc12. The highest BCUT2D eigenvalue weighted by atomic mass is 32.1. The van der Waals surface area contributed by atoms with Crippen LogP contribution in [0.25, 0.3) is 0 Å². The number of para-hydroxylation sites is 1. The van der Waals surface area contributed by atoms with Crippen molar-refractivity contribution < 1.29 is 19.0 Å². The Morgan fingerprint density at radius 3 is 2.55 bits per heavy atom. The second-order valence-electron chi connectivity index (χ2n) is 7.78. The van der Waals surface area contributed by atoms with Gasteiger partial charge in [0, 0.05) is 11.3 Å². The van der Waals surface area contributed by atoms with E-state index in [1.165, 1.54) is 5.56 Å². The minimum absolute atomic E-state index is 0.291. The lowest BCUT2D eigenvalue weighted by Crippen LogP contribution is -2.71. The van der Waals surface area contributed by atoms with Crippen LogP contribution >= 0.6 is 12.2 Å². The summed E-state index contributed by atoms with van der Waals surface area (Å²) in [6.45, 7) is 8.55. The lowest BCUT2D eigenvalue weighted by Gasteiger charge is -2.55. The van der Waals surface area contributed by atoms with Gasteiger partial charge in [0.1, 0.15) is 5.92 Å². The molecule has 164 valence electrons. The van der Waals surface area contributed by atoms with Crippen molar-refractivity contribution in [2.75, 3.05) is 18.1 Å². The number of nitrogens with zero attached hydrogens (tertiary/aromatic N) is 1. The third-order valence-corrected chi connectivity index (χ3v) is 6.23. The molecule has 4 rings (SSSR count). The van der Waals surface area contributed by atoms with Gasteiger partial charge in [0.2, 0.25) is 5.72 Å². The molecule has 0 unspecified atom stereocenters. The van der Waals surface area contributed by atoms with Crippen LogP contribution in [0.1, 0.15) is 44.9 Å². The number of carbonyl (C=O) groups is 1. The quantitative estimate of drug-likeness (QED) is 0.529. The van der Waals surface area contributed by atoms with Gasteiger partial charge in [0.25, 0.3) is 0 Å². The minimum Gasteiger partial charge on any atom is -0.490 e. The number of hydrogen-bond donors (Lipinski definition) is 1. The van der Waals surface area contributed by atoms with Gasteiger partial charge in [0.15, 0.2) is 16.6 Å². The van der Waals surface area contributed by atoms with Gasteiger partial charge in [0.05, 0.1) is 19.3 Å². The molecule has 0 saturated carbocycles. The number of rotatable bonds is 6. The zero-order valence-corrected chi connectivity index (χ0v) is 19.1. The Bertz CT molecular complexity index is 994. The first-order chi connectivity index (χ1) is 14.9. The van der Waals surface area contributed by atoms with E-state index < -0.39 is 11.6 Å². The first-order valence-corrected chi connectivity index (χ1v) is 11.2. The van der Waals surface area contributed by atoms with E-state index in [0.717, 1.165) is 17.7 Å². The van der Waals surface area contributed by atoms with Gasteiger partial charge in [-0.3, -0.25) is 9.69 Å². The Hall–Kier alpha value is -2.80. The number of carbonyl (C=O) groups excluding carboxylic acids is 1. The summed E-state index contributed by atoms with van der Waals surface area (Å²) < 4.78 is 17.9. The molecule has 2 heterocycles. The molecule has 0 spiro atoms. The molecule has 6 nitrogen and oxygen atoms in total.